The molecule has 1 heterocycles. The van der Waals surface area contributed by atoms with Crippen LogP contribution in [-0.2, 0) is 20.9 Å². The van der Waals surface area contributed by atoms with E-state index in [0.717, 1.165) is 67.3 Å². The lowest BCUT2D eigenvalue weighted by Gasteiger charge is -2.31. The maximum Gasteiger partial charge on any atom is 0.303 e. The number of carbonyl (C=O) groups is 3. The summed E-state index contributed by atoms with van der Waals surface area (Å²) in [6.07, 6.45) is 10.3. The van der Waals surface area contributed by atoms with Gasteiger partial charge >= 0.3 is 5.97 Å². The predicted molar refractivity (Wildman–Crippen MR) is 155 cm³/mol. The van der Waals surface area contributed by atoms with Crippen LogP contribution in [0.4, 0.5) is 0 Å². The average Bonchev–Trinajstić information content (AvgIpc) is 3.50. The van der Waals surface area contributed by atoms with E-state index in [1.165, 1.54) is 12.8 Å². The molecule has 2 N–H and O–H groups in total. The van der Waals surface area contributed by atoms with Crippen LogP contribution in [-0.4, -0.2) is 39.7 Å². The number of hydrogen-bond donors (Lipinski definition) is 2. The molecule has 2 aromatic carbocycles. The topological polar surface area (TPSA) is 99.1 Å². The maximum atomic E-state index is 13.7. The molecular weight excluding hydrogens is 502 g/mol. The van der Waals surface area contributed by atoms with Crippen LogP contribution in [0.25, 0.3) is 0 Å². The Morgan fingerprint density at radius 3 is 2.30 bits per heavy atom. The van der Waals surface area contributed by atoms with E-state index < -0.39 is 5.97 Å². The normalized spacial score (nSPS) is 22.6. The fraction of sp³-hybridized carbons (Fsp3) is 0.515. The van der Waals surface area contributed by atoms with Crippen molar-refractivity contribution in [2.24, 2.45) is 16.9 Å². The second-order valence-corrected chi connectivity index (χ2v) is 11.8. The smallest absolute Gasteiger partial charge is 0.303 e. The van der Waals surface area contributed by atoms with Crippen molar-refractivity contribution in [1.29, 1.82) is 0 Å². The molecule has 2 aromatic rings. The Kier molecular flexibility index (Phi) is 9.30. The minimum Gasteiger partial charge on any atom is -0.481 e. The number of benzene rings is 2. The Hall–Kier alpha value is -3.48. The van der Waals surface area contributed by atoms with E-state index in [1.54, 1.807) is 5.01 Å². The minimum absolute atomic E-state index is 0.0321. The molecule has 0 bridgehead atoms. The van der Waals surface area contributed by atoms with Crippen molar-refractivity contribution in [2.75, 3.05) is 0 Å². The summed E-state index contributed by atoms with van der Waals surface area (Å²) in [5.74, 6) is 0.0528. The second kappa shape index (κ2) is 13.2. The molecule has 2 amide bonds. The summed E-state index contributed by atoms with van der Waals surface area (Å²) in [6, 6.07) is 18.4. The molecule has 2 aliphatic carbocycles. The Morgan fingerprint density at radius 1 is 0.925 bits per heavy atom. The number of aliphatic carboxylic acids is 1. The average molecular weight is 544 g/mol. The zero-order chi connectivity index (χ0) is 27.9. The number of hydrazone groups is 1. The molecule has 1 unspecified atom stereocenters. The molecule has 1 aliphatic heterocycles. The number of hydrogen-bond acceptors (Lipinski definition) is 4. The van der Waals surface area contributed by atoms with Gasteiger partial charge in [-0.1, -0.05) is 67.4 Å². The summed E-state index contributed by atoms with van der Waals surface area (Å²) in [7, 11) is 0. The van der Waals surface area contributed by atoms with E-state index in [-0.39, 0.29) is 30.2 Å². The predicted octanol–water partition coefficient (Wildman–Crippen LogP) is 6.03. The third kappa shape index (κ3) is 7.18. The number of amides is 2. The molecule has 0 spiro atoms. The van der Waals surface area contributed by atoms with Crippen molar-refractivity contribution in [2.45, 2.75) is 95.6 Å². The van der Waals surface area contributed by atoms with E-state index in [2.05, 4.69) is 22.6 Å². The molecule has 40 heavy (non-hydrogen) atoms. The highest BCUT2D eigenvalue weighted by Crippen LogP contribution is 2.38. The molecule has 2 saturated carbocycles. The third-order valence-corrected chi connectivity index (χ3v) is 9.00. The fourth-order valence-corrected chi connectivity index (χ4v) is 6.71. The molecule has 212 valence electrons. The van der Waals surface area contributed by atoms with Crippen LogP contribution >= 0.6 is 0 Å². The molecule has 7 nitrogen and oxygen atoms in total. The van der Waals surface area contributed by atoms with Gasteiger partial charge in [-0.3, -0.25) is 14.4 Å². The van der Waals surface area contributed by atoms with E-state index in [0.29, 0.717) is 31.2 Å². The van der Waals surface area contributed by atoms with Gasteiger partial charge in [-0.25, -0.2) is 5.01 Å². The van der Waals surface area contributed by atoms with Gasteiger partial charge in [-0.2, -0.15) is 5.10 Å². The van der Waals surface area contributed by atoms with Crippen molar-refractivity contribution in [3.63, 3.8) is 0 Å². The summed E-state index contributed by atoms with van der Waals surface area (Å²) >= 11 is 0. The number of rotatable bonds is 10. The number of nitrogens with one attached hydrogen (secondary N) is 1. The third-order valence-electron chi connectivity index (χ3n) is 9.00. The Labute approximate surface area is 237 Å². The van der Waals surface area contributed by atoms with Crippen LogP contribution in [0.1, 0.15) is 99.7 Å². The van der Waals surface area contributed by atoms with Crippen LogP contribution in [0.5, 0.6) is 0 Å². The first-order chi connectivity index (χ1) is 19.5. The molecule has 1 atom stereocenters. The molecule has 5 rings (SSSR count). The van der Waals surface area contributed by atoms with Gasteiger partial charge in [0.05, 0.1) is 18.2 Å². The number of carboxylic acid groups (broad SMARTS) is 1. The van der Waals surface area contributed by atoms with Crippen LogP contribution in [0.15, 0.2) is 59.7 Å². The van der Waals surface area contributed by atoms with Gasteiger partial charge in [0.1, 0.15) is 0 Å². The van der Waals surface area contributed by atoms with Gasteiger partial charge in [0, 0.05) is 25.3 Å². The summed E-state index contributed by atoms with van der Waals surface area (Å²) in [6.45, 7) is 0.418. The van der Waals surface area contributed by atoms with E-state index in [1.807, 2.05) is 42.5 Å². The highest BCUT2D eigenvalue weighted by Gasteiger charge is 2.34. The van der Waals surface area contributed by atoms with E-state index >= 15 is 0 Å². The first-order valence-electron chi connectivity index (χ1n) is 15.0. The first kappa shape index (κ1) is 28.1. The molecule has 3 aliphatic rings. The van der Waals surface area contributed by atoms with Crippen molar-refractivity contribution in [1.82, 2.24) is 10.3 Å². The Morgan fingerprint density at radius 2 is 1.62 bits per heavy atom. The fourth-order valence-electron chi connectivity index (χ4n) is 6.71. The lowest BCUT2D eigenvalue weighted by atomic mass is 9.81. The van der Waals surface area contributed by atoms with Crippen LogP contribution < -0.4 is 5.32 Å². The molecule has 7 heteroatoms. The second-order valence-electron chi connectivity index (χ2n) is 11.8. The van der Waals surface area contributed by atoms with Gasteiger partial charge in [-0.15, -0.1) is 0 Å². The van der Waals surface area contributed by atoms with Crippen molar-refractivity contribution in [3.8, 4) is 0 Å². The van der Waals surface area contributed by atoms with Gasteiger partial charge in [0.15, 0.2) is 0 Å². The summed E-state index contributed by atoms with van der Waals surface area (Å²) in [5.41, 5.74) is 4.03. The summed E-state index contributed by atoms with van der Waals surface area (Å²) in [5, 5.41) is 18.6. The van der Waals surface area contributed by atoms with E-state index in [4.69, 9.17) is 5.11 Å². The first-order valence-corrected chi connectivity index (χ1v) is 15.0. The number of carbonyl (C=O) groups excluding carboxylic acids is 2. The van der Waals surface area contributed by atoms with Crippen molar-refractivity contribution < 1.29 is 19.5 Å². The molecule has 0 saturated heterocycles. The number of nitrogens with zero attached hydrogens (tertiary/aromatic N) is 2. The van der Waals surface area contributed by atoms with E-state index in [9.17, 15) is 14.4 Å². The Bertz CT molecular complexity index is 1200. The van der Waals surface area contributed by atoms with Crippen molar-refractivity contribution >= 4 is 23.5 Å². The minimum atomic E-state index is -0.729. The zero-order valence-corrected chi connectivity index (χ0v) is 23.3. The quantitative estimate of drug-likeness (QED) is 0.382. The highest BCUT2D eigenvalue weighted by atomic mass is 16.4. The SMILES string of the molecule is O=C(O)CC[C@H]1CC[C@@H](NC(=O)C(c2ccc(CN3N=C(c4ccccc4)CCC3=O)cc2)C2CCCC2)CC1. The maximum absolute atomic E-state index is 13.7. The lowest BCUT2D eigenvalue weighted by molar-refractivity contribution is -0.137. The van der Waals surface area contributed by atoms with Crippen molar-refractivity contribution in [3.05, 3.63) is 71.3 Å². The zero-order valence-electron chi connectivity index (χ0n) is 23.3. The molecule has 0 aromatic heterocycles. The van der Waals surface area contributed by atoms with Gasteiger partial charge < -0.3 is 10.4 Å². The molecular formula is C33H41N3O4. The molecule has 0 radical (unpaired) electrons. The van der Waals surface area contributed by atoms with Crippen LogP contribution in [0, 0.1) is 11.8 Å². The highest BCUT2D eigenvalue weighted by molar-refractivity contribution is 6.04. The number of carboxylic acids is 1. The summed E-state index contributed by atoms with van der Waals surface area (Å²) < 4.78 is 0. The lowest BCUT2D eigenvalue weighted by Crippen LogP contribution is -2.41. The standard InChI is InChI=1S/C33H41N3O4/c37-30-20-19-29(25-6-2-1-3-7-25)35-36(30)22-24-10-15-27(16-11-24)32(26-8-4-5-9-26)33(40)34-28-17-12-23(13-18-28)14-21-31(38)39/h1-3,6-7,10-11,15-16,23,26,28,32H,4-5,8-9,12-14,17-22H2,(H,34,40)(H,38,39)/t23-,28+,32?. The largest absolute Gasteiger partial charge is 0.481 e. The molecule has 2 fully saturated rings. The Balaban J connectivity index is 1.23. The summed E-state index contributed by atoms with van der Waals surface area (Å²) in [4.78, 5) is 37.2. The van der Waals surface area contributed by atoms with Gasteiger partial charge in [0.2, 0.25) is 11.8 Å². The van der Waals surface area contributed by atoms with Crippen LogP contribution in [0.2, 0.25) is 0 Å². The van der Waals surface area contributed by atoms with Gasteiger partial charge in [0.25, 0.3) is 0 Å². The van der Waals surface area contributed by atoms with Gasteiger partial charge in [-0.05, 0) is 73.5 Å². The van der Waals surface area contributed by atoms with Crippen LogP contribution in [0.3, 0.4) is 0 Å². The monoisotopic (exact) mass is 543 g/mol.